The maximum atomic E-state index is 10.7. The van der Waals surface area contributed by atoms with Crippen LogP contribution >= 0.6 is 0 Å². The molecule has 0 rings (SSSR count). The van der Waals surface area contributed by atoms with Crippen LogP contribution in [0.15, 0.2) is 0 Å². The minimum absolute atomic E-state index is 0.113. The number of carbonyl (C=O) groups excluding carboxylic acids is 1. The molecule has 0 spiro atoms. The Morgan fingerprint density at radius 2 is 1.53 bits per heavy atom. The van der Waals surface area contributed by atoms with Crippen molar-refractivity contribution in [1.82, 2.24) is 0 Å². The molecular weight excluding hydrogens is 189 g/mol. The molecule has 0 aromatic rings. The standard InChI is InChI=1S/C11H24BNO2/c1-11(14)12(15)9-7-5-3-2-4-6-8-10-13/h15H,2-10,13H2,1H3. The van der Waals surface area contributed by atoms with Gasteiger partial charge in [0.1, 0.15) is 5.68 Å². The lowest BCUT2D eigenvalue weighted by molar-refractivity contribution is -0.111. The Bertz CT molecular complexity index is 165. The Balaban J connectivity index is 3.08. The fourth-order valence-corrected chi connectivity index (χ4v) is 1.57. The summed E-state index contributed by atoms with van der Waals surface area (Å²) in [7, 11) is 0. The predicted octanol–water partition coefficient (Wildman–Crippen LogP) is 1.79. The molecule has 0 fully saturated rings. The summed E-state index contributed by atoms with van der Waals surface area (Å²) in [5.41, 5.74) is 5.28. The fraction of sp³-hybridized carbons (Fsp3) is 0.909. The Morgan fingerprint density at radius 3 is 2.00 bits per heavy atom. The van der Waals surface area contributed by atoms with Crippen LogP contribution in [0.1, 0.15) is 51.9 Å². The molecule has 15 heavy (non-hydrogen) atoms. The minimum Gasteiger partial charge on any atom is -0.444 e. The fourth-order valence-electron chi connectivity index (χ4n) is 1.57. The van der Waals surface area contributed by atoms with E-state index < -0.39 is 6.92 Å². The highest BCUT2D eigenvalue weighted by Crippen LogP contribution is 2.09. The summed E-state index contributed by atoms with van der Waals surface area (Å²) in [5, 5.41) is 9.24. The SMILES string of the molecule is CC(=O)B(O)CCCCCCCCCN. The first-order valence-corrected chi connectivity index (χ1v) is 6.07. The third-order valence-electron chi connectivity index (χ3n) is 2.65. The first-order chi connectivity index (χ1) is 7.18. The van der Waals surface area contributed by atoms with Crippen LogP contribution in [0.2, 0.25) is 6.32 Å². The van der Waals surface area contributed by atoms with Crippen LogP contribution in [-0.4, -0.2) is 24.2 Å². The summed E-state index contributed by atoms with van der Waals surface area (Å²) in [6.07, 6.45) is 8.76. The Kier molecular flexibility index (Phi) is 9.95. The Morgan fingerprint density at radius 1 is 1.07 bits per heavy atom. The van der Waals surface area contributed by atoms with E-state index >= 15 is 0 Å². The number of rotatable bonds is 10. The van der Waals surface area contributed by atoms with E-state index in [9.17, 15) is 9.82 Å². The van der Waals surface area contributed by atoms with Crippen LogP contribution in [0, 0.1) is 0 Å². The van der Waals surface area contributed by atoms with Crippen molar-refractivity contribution in [3.8, 4) is 0 Å². The van der Waals surface area contributed by atoms with Gasteiger partial charge >= 0.3 is 6.92 Å². The summed E-state index contributed by atoms with van der Waals surface area (Å²) >= 11 is 0. The minimum atomic E-state index is -0.734. The van der Waals surface area contributed by atoms with Gasteiger partial charge in [-0.05, 0) is 26.2 Å². The molecule has 0 aromatic carbocycles. The number of unbranched alkanes of at least 4 members (excludes halogenated alkanes) is 6. The highest BCUT2D eigenvalue weighted by molar-refractivity contribution is 6.83. The second kappa shape index (κ2) is 10.2. The van der Waals surface area contributed by atoms with Crippen LogP contribution in [-0.2, 0) is 4.79 Å². The molecule has 0 aromatic heterocycles. The number of hydrogen-bond donors (Lipinski definition) is 2. The zero-order valence-electron chi connectivity index (χ0n) is 9.87. The molecule has 3 N–H and O–H groups in total. The van der Waals surface area contributed by atoms with Crippen molar-refractivity contribution >= 4 is 12.6 Å². The van der Waals surface area contributed by atoms with Gasteiger partial charge in [-0.15, -0.1) is 0 Å². The van der Waals surface area contributed by atoms with Crippen molar-refractivity contribution in [2.75, 3.05) is 6.54 Å². The molecule has 0 aliphatic rings. The van der Waals surface area contributed by atoms with Gasteiger partial charge in [-0.3, -0.25) is 0 Å². The van der Waals surface area contributed by atoms with Gasteiger partial charge in [-0.1, -0.05) is 38.5 Å². The molecule has 0 heterocycles. The lowest BCUT2D eigenvalue weighted by Gasteiger charge is -2.02. The molecule has 0 amide bonds. The highest BCUT2D eigenvalue weighted by atomic mass is 16.2. The molecule has 0 bridgehead atoms. The van der Waals surface area contributed by atoms with Crippen molar-refractivity contribution in [3.05, 3.63) is 0 Å². The molecule has 0 saturated carbocycles. The molecule has 4 heteroatoms. The van der Waals surface area contributed by atoms with Gasteiger partial charge in [0.2, 0.25) is 0 Å². The lowest BCUT2D eigenvalue weighted by atomic mass is 9.60. The first-order valence-electron chi connectivity index (χ1n) is 6.07. The van der Waals surface area contributed by atoms with E-state index in [-0.39, 0.29) is 5.68 Å². The molecule has 0 aliphatic heterocycles. The summed E-state index contributed by atoms with van der Waals surface area (Å²) in [6.45, 7) is 1.50. The zero-order valence-corrected chi connectivity index (χ0v) is 9.87. The van der Waals surface area contributed by atoms with Gasteiger partial charge in [0.25, 0.3) is 0 Å². The average Bonchev–Trinajstić information content (AvgIpc) is 2.21. The molecular formula is C11H24BNO2. The largest absolute Gasteiger partial charge is 0.444 e. The van der Waals surface area contributed by atoms with E-state index in [2.05, 4.69) is 0 Å². The molecule has 0 radical (unpaired) electrons. The van der Waals surface area contributed by atoms with Crippen LogP contribution in [0.25, 0.3) is 0 Å². The number of hydrogen-bond acceptors (Lipinski definition) is 3. The molecule has 0 unspecified atom stereocenters. The molecule has 0 saturated heterocycles. The van der Waals surface area contributed by atoms with Gasteiger partial charge in [-0.25, -0.2) is 0 Å². The van der Waals surface area contributed by atoms with E-state index in [1.165, 1.54) is 32.6 Å². The smallest absolute Gasteiger partial charge is 0.365 e. The van der Waals surface area contributed by atoms with Crippen LogP contribution in [0.5, 0.6) is 0 Å². The van der Waals surface area contributed by atoms with E-state index in [1.807, 2.05) is 0 Å². The summed E-state index contributed by atoms with van der Waals surface area (Å²) in [4.78, 5) is 10.7. The summed E-state index contributed by atoms with van der Waals surface area (Å²) in [5.74, 6) is 0. The monoisotopic (exact) mass is 213 g/mol. The second-order valence-electron chi connectivity index (χ2n) is 4.18. The number of carbonyl (C=O) groups is 1. The van der Waals surface area contributed by atoms with Crippen LogP contribution in [0.4, 0.5) is 0 Å². The highest BCUT2D eigenvalue weighted by Gasteiger charge is 2.15. The van der Waals surface area contributed by atoms with Crippen molar-refractivity contribution in [2.45, 2.75) is 58.2 Å². The van der Waals surface area contributed by atoms with Gasteiger partial charge in [0, 0.05) is 0 Å². The molecule has 3 nitrogen and oxygen atoms in total. The molecule has 0 aliphatic carbocycles. The molecule has 0 atom stereocenters. The van der Waals surface area contributed by atoms with E-state index in [1.54, 1.807) is 0 Å². The van der Waals surface area contributed by atoms with E-state index in [0.717, 1.165) is 25.8 Å². The third-order valence-corrected chi connectivity index (χ3v) is 2.65. The second-order valence-corrected chi connectivity index (χ2v) is 4.18. The van der Waals surface area contributed by atoms with Crippen molar-refractivity contribution < 1.29 is 9.82 Å². The van der Waals surface area contributed by atoms with Crippen molar-refractivity contribution in [3.63, 3.8) is 0 Å². The quantitative estimate of drug-likeness (QED) is 0.429. The average molecular weight is 213 g/mol. The van der Waals surface area contributed by atoms with Gasteiger partial charge in [0.15, 0.2) is 0 Å². The van der Waals surface area contributed by atoms with Gasteiger partial charge in [0.05, 0.1) is 0 Å². The number of nitrogens with two attached hydrogens (primary N) is 1. The van der Waals surface area contributed by atoms with Crippen LogP contribution in [0.3, 0.4) is 0 Å². The Hall–Kier alpha value is -0.345. The maximum absolute atomic E-state index is 10.7. The van der Waals surface area contributed by atoms with Gasteiger partial charge < -0.3 is 15.6 Å². The summed E-state index contributed by atoms with van der Waals surface area (Å²) in [6, 6.07) is 0. The first kappa shape index (κ1) is 14.7. The molecule has 88 valence electrons. The van der Waals surface area contributed by atoms with Crippen LogP contribution < -0.4 is 5.73 Å². The maximum Gasteiger partial charge on any atom is 0.365 e. The zero-order chi connectivity index (χ0) is 11.5. The van der Waals surface area contributed by atoms with E-state index in [4.69, 9.17) is 5.73 Å². The van der Waals surface area contributed by atoms with Crippen molar-refractivity contribution in [1.29, 1.82) is 0 Å². The van der Waals surface area contributed by atoms with E-state index in [0.29, 0.717) is 6.32 Å². The normalized spacial score (nSPS) is 10.3. The van der Waals surface area contributed by atoms with Gasteiger partial charge in [-0.2, -0.15) is 0 Å². The third kappa shape index (κ3) is 9.95. The topological polar surface area (TPSA) is 63.3 Å². The van der Waals surface area contributed by atoms with Crippen molar-refractivity contribution in [2.24, 2.45) is 5.73 Å². The predicted molar refractivity (Wildman–Crippen MR) is 64.8 cm³/mol. The lowest BCUT2D eigenvalue weighted by Crippen LogP contribution is -2.22. The Labute approximate surface area is 93.5 Å². The summed E-state index contributed by atoms with van der Waals surface area (Å²) < 4.78 is 0.